The van der Waals surface area contributed by atoms with Gasteiger partial charge < -0.3 is 49.1 Å². The first-order chi connectivity index (χ1) is 35.1. The molecule has 392 valence electrons. The normalized spacial score (nSPS) is 19.3. The molecule has 4 amide bonds. The zero-order valence-electron chi connectivity index (χ0n) is 41.8. The van der Waals surface area contributed by atoms with Crippen molar-refractivity contribution in [3.05, 3.63) is 87.2 Å². The second kappa shape index (κ2) is 25.1. The first-order valence-electron chi connectivity index (χ1n) is 24.7. The van der Waals surface area contributed by atoms with Gasteiger partial charge in [-0.05, 0) is 73.9 Å². The maximum Gasteiger partial charge on any atom is 0.278 e. The molecule has 0 bridgehead atoms. The summed E-state index contributed by atoms with van der Waals surface area (Å²) in [5, 5.41) is 21.2. The highest BCUT2D eigenvalue weighted by Gasteiger charge is 2.64. The van der Waals surface area contributed by atoms with E-state index in [2.05, 4.69) is 49.4 Å². The number of nitrogens with zero attached hydrogens (tertiary/aromatic N) is 6. The molecule has 3 aromatic carbocycles. The third kappa shape index (κ3) is 13.5. The van der Waals surface area contributed by atoms with E-state index in [9.17, 15) is 29.2 Å². The van der Waals surface area contributed by atoms with E-state index in [0.717, 1.165) is 10.4 Å². The number of carbonyl (C=O) groups excluding carboxylic acids is 4. The number of primary amides is 1. The van der Waals surface area contributed by atoms with Crippen molar-refractivity contribution in [1.29, 1.82) is 5.26 Å². The molecule has 0 spiro atoms. The molecule has 3 aliphatic rings. The number of fused-ring (bicyclic) bond motifs is 1. The fourth-order valence-corrected chi connectivity index (χ4v) is 10.00. The third-order valence-corrected chi connectivity index (χ3v) is 13.9. The lowest BCUT2D eigenvalue weighted by Crippen LogP contribution is -2.74. The number of likely N-dealkylation sites (tertiary alicyclic amines) is 1. The Kier molecular flexibility index (Phi) is 18.8. The maximum atomic E-state index is 13.5. The van der Waals surface area contributed by atoms with Crippen LogP contribution in [0.5, 0.6) is 11.5 Å². The second-order valence-electron chi connectivity index (χ2n) is 19.4. The summed E-state index contributed by atoms with van der Waals surface area (Å²) in [6.45, 7) is 13.7. The Morgan fingerprint density at radius 2 is 1.40 bits per heavy atom. The molecule has 4 aromatic rings. The van der Waals surface area contributed by atoms with E-state index in [1.54, 1.807) is 60.7 Å². The summed E-state index contributed by atoms with van der Waals surface area (Å²) < 4.78 is 41.2. The summed E-state index contributed by atoms with van der Waals surface area (Å²) in [5.41, 5.74) is 6.20. The molecular formula is C52H65ClN8O12. The average molecular weight is 1030 g/mol. The molecule has 3 fully saturated rings. The van der Waals surface area contributed by atoms with Gasteiger partial charge in [-0.15, -0.1) is 5.10 Å². The molecule has 3 heterocycles. The van der Waals surface area contributed by atoms with E-state index in [1.165, 1.54) is 4.90 Å². The number of nitriles is 1. The molecule has 2 aliphatic heterocycles. The minimum absolute atomic E-state index is 0.104. The first-order valence-corrected chi connectivity index (χ1v) is 25.0. The number of ether oxygens (including phenoxy) is 7. The van der Waals surface area contributed by atoms with Crippen LogP contribution in [0.1, 0.15) is 75.3 Å². The molecule has 3 N–H and O–H groups in total. The molecule has 20 nitrogen and oxygen atoms in total. The van der Waals surface area contributed by atoms with Crippen LogP contribution in [0.2, 0.25) is 5.02 Å². The van der Waals surface area contributed by atoms with Crippen molar-refractivity contribution in [2.24, 2.45) is 22.5 Å². The Labute approximate surface area is 429 Å². The summed E-state index contributed by atoms with van der Waals surface area (Å²) in [7, 11) is 0. The molecule has 0 radical (unpaired) electrons. The van der Waals surface area contributed by atoms with Gasteiger partial charge in [0.15, 0.2) is 0 Å². The number of rotatable bonds is 28. The molecule has 7 rings (SSSR count). The van der Waals surface area contributed by atoms with Gasteiger partial charge in [-0.2, -0.15) is 9.94 Å². The summed E-state index contributed by atoms with van der Waals surface area (Å²) in [6.07, 6.45) is 1.20. The van der Waals surface area contributed by atoms with Crippen LogP contribution in [0.25, 0.3) is 10.9 Å². The van der Waals surface area contributed by atoms with E-state index >= 15 is 0 Å². The van der Waals surface area contributed by atoms with Crippen LogP contribution in [0.4, 0.5) is 5.69 Å². The molecule has 1 unspecified atom stereocenters. The molecule has 1 aromatic heterocycles. The number of amides is 4. The number of unbranched alkanes of at least 4 members (excludes halogenated alkanes) is 1. The molecule has 73 heavy (non-hydrogen) atoms. The fourth-order valence-electron chi connectivity index (χ4n) is 9.78. The maximum absolute atomic E-state index is 13.5. The van der Waals surface area contributed by atoms with Crippen LogP contribution in [0.15, 0.2) is 65.5 Å². The van der Waals surface area contributed by atoms with Gasteiger partial charge in [0.05, 0.1) is 81.4 Å². The summed E-state index contributed by atoms with van der Waals surface area (Å²) >= 11 is 6.22. The number of nitrogens with two attached hydrogens (primary N) is 1. The van der Waals surface area contributed by atoms with Crippen LogP contribution in [0, 0.1) is 28.1 Å². The Morgan fingerprint density at radius 1 is 0.795 bits per heavy atom. The molecular weight excluding hydrogens is 964 g/mol. The van der Waals surface area contributed by atoms with Gasteiger partial charge in [0, 0.05) is 66.9 Å². The highest BCUT2D eigenvalue weighted by Crippen LogP contribution is 2.55. The number of nitrogens with one attached hydrogen (secondary N) is 1. The lowest BCUT2D eigenvalue weighted by atomic mass is 9.49. The van der Waals surface area contributed by atoms with Gasteiger partial charge in [-0.25, -0.2) is 0 Å². The van der Waals surface area contributed by atoms with E-state index in [1.807, 2.05) is 4.90 Å². The smallest absolute Gasteiger partial charge is 0.278 e. The number of benzene rings is 3. The number of hydrogen-bond acceptors (Lipinski definition) is 16. The molecule has 1 atom stereocenters. The zero-order chi connectivity index (χ0) is 52.1. The van der Waals surface area contributed by atoms with Gasteiger partial charge in [-0.1, -0.05) is 44.5 Å². The molecule has 1 aliphatic carbocycles. The standard InChI is InChI=1S/C52H65ClN8O12/c1-51(2)49(52(3,4)50(51)73-39-13-9-35(31-54)41(53)30-39)56-46(64)34-7-11-38(12-8-34)72-28-27-71-26-25-70-24-23-69-22-21-68-20-19-67-18-6-5-17-60-44(62)16-15-43(48(60)66)61-47(65)40-29-37(10-14-42(40)57-58-61)59-32-36(33-59)45(55)63/h7-14,29-30,36,43,49-50H,5-6,15-28,32-33H2,1-4H3,(H2,55,63)(H,56,64). The van der Waals surface area contributed by atoms with Crippen molar-refractivity contribution in [2.75, 3.05) is 97.2 Å². The predicted molar refractivity (Wildman–Crippen MR) is 268 cm³/mol. The number of imide groups is 1. The highest BCUT2D eigenvalue weighted by molar-refractivity contribution is 6.31. The number of anilines is 1. The third-order valence-electron chi connectivity index (χ3n) is 13.5. The van der Waals surface area contributed by atoms with Crippen molar-refractivity contribution in [3.63, 3.8) is 0 Å². The van der Waals surface area contributed by atoms with Crippen LogP contribution >= 0.6 is 11.6 Å². The van der Waals surface area contributed by atoms with Crippen molar-refractivity contribution < 1.29 is 52.3 Å². The Morgan fingerprint density at radius 3 is 2.00 bits per heavy atom. The van der Waals surface area contributed by atoms with Crippen molar-refractivity contribution >= 4 is 51.8 Å². The Bertz CT molecular complexity index is 2650. The van der Waals surface area contributed by atoms with E-state index in [-0.39, 0.29) is 66.0 Å². The van der Waals surface area contributed by atoms with Gasteiger partial charge in [0.2, 0.25) is 11.8 Å². The van der Waals surface area contributed by atoms with Crippen LogP contribution in [-0.2, 0) is 38.1 Å². The Balaban J connectivity index is 0.663. The van der Waals surface area contributed by atoms with E-state index in [0.29, 0.717) is 137 Å². The lowest BCUT2D eigenvalue weighted by Gasteiger charge is -2.63. The quantitative estimate of drug-likeness (QED) is 0.0588. The lowest BCUT2D eigenvalue weighted by molar-refractivity contribution is -0.164. The van der Waals surface area contributed by atoms with Crippen molar-refractivity contribution in [3.8, 4) is 17.6 Å². The fraction of sp³-hybridized carbons (Fsp3) is 0.538. The predicted octanol–water partition coefficient (Wildman–Crippen LogP) is 4.48. The molecule has 2 saturated heterocycles. The Hall–Kier alpha value is -6.21. The van der Waals surface area contributed by atoms with Crippen molar-refractivity contribution in [2.45, 2.75) is 71.6 Å². The summed E-state index contributed by atoms with van der Waals surface area (Å²) in [4.78, 5) is 67.6. The monoisotopic (exact) mass is 1030 g/mol. The number of piperidine rings is 1. The summed E-state index contributed by atoms with van der Waals surface area (Å²) in [6, 6.07) is 18.1. The topological polar surface area (TPSA) is 249 Å². The molecule has 21 heteroatoms. The minimum atomic E-state index is -0.942. The number of hydrogen-bond donors (Lipinski definition) is 2. The SMILES string of the molecule is CC1(C)C(NC(=O)c2ccc(OCCOCCOCCOCCOCCOCCCCN3C(=O)CCC(n4nnc5ccc(N6CC(C(N)=O)C6)cc5c4=O)C3=O)cc2)C(C)(C)C1Oc1ccc(C#N)c(Cl)c1. The van der Waals surface area contributed by atoms with E-state index < -0.39 is 17.5 Å². The number of halogens is 1. The van der Waals surface area contributed by atoms with Crippen LogP contribution in [0.3, 0.4) is 0 Å². The highest BCUT2D eigenvalue weighted by atomic mass is 35.5. The van der Waals surface area contributed by atoms with Gasteiger partial charge in [-0.3, -0.25) is 28.9 Å². The molecule has 1 saturated carbocycles. The first kappa shape index (κ1) is 54.6. The average Bonchev–Trinajstić information content (AvgIpc) is 3.35. The number of aromatic nitrogens is 3. The largest absolute Gasteiger partial charge is 0.491 e. The zero-order valence-corrected chi connectivity index (χ0v) is 42.6. The number of carbonyl (C=O) groups is 4. The van der Waals surface area contributed by atoms with Gasteiger partial charge in [0.25, 0.3) is 17.4 Å². The van der Waals surface area contributed by atoms with Gasteiger partial charge in [0.1, 0.15) is 41.8 Å². The van der Waals surface area contributed by atoms with Crippen molar-refractivity contribution in [1.82, 2.24) is 25.2 Å². The summed E-state index contributed by atoms with van der Waals surface area (Å²) in [5.74, 6) is -0.359. The van der Waals surface area contributed by atoms with Crippen LogP contribution < -0.4 is 31.0 Å². The minimum Gasteiger partial charge on any atom is -0.491 e. The van der Waals surface area contributed by atoms with Gasteiger partial charge >= 0.3 is 0 Å². The van der Waals surface area contributed by atoms with E-state index in [4.69, 9.17) is 50.5 Å². The van der Waals surface area contributed by atoms with Crippen LogP contribution in [-0.4, -0.2) is 148 Å². The second-order valence-corrected chi connectivity index (χ2v) is 19.8.